The van der Waals surface area contributed by atoms with Crippen LogP contribution in [0.3, 0.4) is 0 Å². The largest absolute Gasteiger partial charge is 0.385 e. The summed E-state index contributed by atoms with van der Waals surface area (Å²) in [5.74, 6) is 0.0884. The number of amides is 1. The van der Waals surface area contributed by atoms with E-state index >= 15 is 0 Å². The zero-order chi connectivity index (χ0) is 13.5. The number of fused-ring (bicyclic) bond motifs is 1. The maximum absolute atomic E-state index is 11.7. The standard InChI is InChI=1S/C15H22N2O2/c1-19-10-4-8-14(18)17-11-13-6-2-5-12-7-3-9-16-15(12)13/h2,5-6,16H,3-4,7-11H2,1H3,(H,17,18). The summed E-state index contributed by atoms with van der Waals surface area (Å²) in [5, 5.41) is 6.41. The summed E-state index contributed by atoms with van der Waals surface area (Å²) in [4.78, 5) is 11.7. The van der Waals surface area contributed by atoms with Gasteiger partial charge >= 0.3 is 0 Å². The van der Waals surface area contributed by atoms with Crippen LogP contribution in [-0.2, 0) is 22.5 Å². The van der Waals surface area contributed by atoms with Crippen LogP contribution in [0, 0.1) is 0 Å². The van der Waals surface area contributed by atoms with Crippen molar-refractivity contribution in [3.05, 3.63) is 29.3 Å². The van der Waals surface area contributed by atoms with Crippen molar-refractivity contribution < 1.29 is 9.53 Å². The van der Waals surface area contributed by atoms with E-state index in [9.17, 15) is 4.79 Å². The summed E-state index contributed by atoms with van der Waals surface area (Å²) < 4.78 is 4.94. The van der Waals surface area contributed by atoms with Gasteiger partial charge in [-0.25, -0.2) is 0 Å². The predicted octanol–water partition coefficient (Wildman–Crippen LogP) is 2.09. The highest BCUT2D eigenvalue weighted by Gasteiger charge is 2.12. The van der Waals surface area contributed by atoms with Crippen LogP contribution in [0.2, 0.25) is 0 Å². The lowest BCUT2D eigenvalue weighted by molar-refractivity contribution is -0.121. The molecule has 0 saturated carbocycles. The van der Waals surface area contributed by atoms with Crippen molar-refractivity contribution in [3.63, 3.8) is 0 Å². The van der Waals surface area contributed by atoms with Crippen molar-refractivity contribution >= 4 is 11.6 Å². The van der Waals surface area contributed by atoms with Crippen LogP contribution >= 0.6 is 0 Å². The van der Waals surface area contributed by atoms with Crippen molar-refractivity contribution in [2.75, 3.05) is 25.6 Å². The SMILES string of the molecule is COCCCC(=O)NCc1cccc2c1NCCC2. The summed E-state index contributed by atoms with van der Waals surface area (Å²) in [7, 11) is 1.65. The molecule has 0 aliphatic carbocycles. The van der Waals surface area contributed by atoms with Crippen LogP contribution in [0.4, 0.5) is 5.69 Å². The summed E-state index contributed by atoms with van der Waals surface area (Å²) in [6, 6.07) is 6.30. The highest BCUT2D eigenvalue weighted by Crippen LogP contribution is 2.25. The lowest BCUT2D eigenvalue weighted by atomic mass is 9.99. The topological polar surface area (TPSA) is 50.4 Å². The summed E-state index contributed by atoms with van der Waals surface area (Å²) in [6.45, 7) is 2.25. The van der Waals surface area contributed by atoms with Crippen molar-refractivity contribution in [1.82, 2.24) is 5.32 Å². The number of carbonyl (C=O) groups is 1. The molecule has 1 aromatic rings. The third-order valence-electron chi connectivity index (χ3n) is 3.39. The van der Waals surface area contributed by atoms with Crippen LogP contribution in [-0.4, -0.2) is 26.2 Å². The van der Waals surface area contributed by atoms with E-state index in [1.165, 1.54) is 23.2 Å². The van der Waals surface area contributed by atoms with E-state index in [0.29, 0.717) is 19.6 Å². The Hall–Kier alpha value is -1.55. The van der Waals surface area contributed by atoms with E-state index < -0.39 is 0 Å². The van der Waals surface area contributed by atoms with Crippen LogP contribution in [0.1, 0.15) is 30.4 Å². The van der Waals surface area contributed by atoms with Crippen molar-refractivity contribution in [1.29, 1.82) is 0 Å². The second kappa shape index (κ2) is 7.14. The second-order valence-corrected chi connectivity index (χ2v) is 4.85. The molecule has 0 unspecified atom stereocenters. The molecule has 2 rings (SSSR count). The molecular weight excluding hydrogens is 240 g/mol. The first-order valence-corrected chi connectivity index (χ1v) is 6.91. The summed E-state index contributed by atoms with van der Waals surface area (Å²) >= 11 is 0. The minimum Gasteiger partial charge on any atom is -0.385 e. The Bertz CT molecular complexity index is 432. The fourth-order valence-corrected chi connectivity index (χ4v) is 2.39. The lowest BCUT2D eigenvalue weighted by Gasteiger charge is -2.21. The van der Waals surface area contributed by atoms with E-state index in [-0.39, 0.29) is 5.91 Å². The monoisotopic (exact) mass is 262 g/mol. The van der Waals surface area contributed by atoms with Gasteiger partial charge in [0.05, 0.1) is 0 Å². The van der Waals surface area contributed by atoms with Crippen LogP contribution in [0.5, 0.6) is 0 Å². The van der Waals surface area contributed by atoms with Crippen molar-refractivity contribution in [3.8, 4) is 0 Å². The van der Waals surface area contributed by atoms with E-state index in [1.54, 1.807) is 7.11 Å². The minimum atomic E-state index is 0.0884. The molecule has 0 aromatic heterocycles. The molecule has 1 heterocycles. The Labute approximate surface area is 114 Å². The molecule has 0 saturated heterocycles. The van der Waals surface area contributed by atoms with Crippen LogP contribution in [0.25, 0.3) is 0 Å². The third kappa shape index (κ3) is 3.96. The molecule has 1 aliphatic rings. The number of methoxy groups -OCH3 is 1. The minimum absolute atomic E-state index is 0.0884. The number of aryl methyl sites for hydroxylation is 1. The highest BCUT2D eigenvalue weighted by molar-refractivity contribution is 5.76. The first-order valence-electron chi connectivity index (χ1n) is 6.91. The van der Waals surface area contributed by atoms with E-state index in [1.807, 2.05) is 0 Å². The number of anilines is 1. The van der Waals surface area contributed by atoms with Gasteiger partial charge in [0.1, 0.15) is 0 Å². The number of nitrogens with one attached hydrogen (secondary N) is 2. The number of carbonyl (C=O) groups excluding carboxylic acids is 1. The zero-order valence-corrected chi connectivity index (χ0v) is 11.5. The molecule has 19 heavy (non-hydrogen) atoms. The van der Waals surface area contributed by atoms with Gasteiger partial charge in [-0.2, -0.15) is 0 Å². The summed E-state index contributed by atoms with van der Waals surface area (Å²) in [6.07, 6.45) is 3.60. The van der Waals surface area contributed by atoms with Gasteiger partial charge in [0.25, 0.3) is 0 Å². The molecule has 4 nitrogen and oxygen atoms in total. The van der Waals surface area contributed by atoms with E-state index in [0.717, 1.165) is 19.4 Å². The predicted molar refractivity (Wildman–Crippen MR) is 76.2 cm³/mol. The second-order valence-electron chi connectivity index (χ2n) is 4.85. The normalized spacial score (nSPS) is 13.5. The van der Waals surface area contributed by atoms with Gasteiger partial charge < -0.3 is 15.4 Å². The molecule has 0 spiro atoms. The number of ether oxygens (including phenoxy) is 1. The van der Waals surface area contributed by atoms with Gasteiger partial charge in [0.2, 0.25) is 5.91 Å². The number of para-hydroxylation sites is 1. The fourth-order valence-electron chi connectivity index (χ4n) is 2.39. The zero-order valence-electron chi connectivity index (χ0n) is 11.5. The summed E-state index contributed by atoms with van der Waals surface area (Å²) in [5.41, 5.74) is 3.75. The molecule has 0 bridgehead atoms. The van der Waals surface area contributed by atoms with Gasteiger partial charge in [-0.05, 0) is 30.4 Å². The van der Waals surface area contributed by atoms with Gasteiger partial charge in [-0.3, -0.25) is 4.79 Å². The fraction of sp³-hybridized carbons (Fsp3) is 0.533. The van der Waals surface area contributed by atoms with Gasteiger partial charge in [0, 0.05) is 38.9 Å². The van der Waals surface area contributed by atoms with Crippen LogP contribution in [0.15, 0.2) is 18.2 Å². The Balaban J connectivity index is 1.87. The first-order chi connectivity index (χ1) is 9.31. The molecular formula is C15H22N2O2. The quantitative estimate of drug-likeness (QED) is 0.772. The average Bonchev–Trinajstić information content (AvgIpc) is 2.45. The molecule has 0 fully saturated rings. The molecule has 4 heteroatoms. The molecule has 0 atom stereocenters. The van der Waals surface area contributed by atoms with Crippen molar-refractivity contribution in [2.24, 2.45) is 0 Å². The first kappa shape index (κ1) is 13.9. The molecule has 1 aliphatic heterocycles. The molecule has 104 valence electrons. The van der Waals surface area contributed by atoms with Gasteiger partial charge in [-0.15, -0.1) is 0 Å². The Morgan fingerprint density at radius 1 is 1.47 bits per heavy atom. The van der Waals surface area contributed by atoms with Crippen LogP contribution < -0.4 is 10.6 Å². The smallest absolute Gasteiger partial charge is 0.220 e. The highest BCUT2D eigenvalue weighted by atomic mass is 16.5. The van der Waals surface area contributed by atoms with Crippen molar-refractivity contribution in [2.45, 2.75) is 32.2 Å². The molecule has 0 radical (unpaired) electrons. The number of hydrogen-bond acceptors (Lipinski definition) is 3. The number of hydrogen-bond donors (Lipinski definition) is 2. The van der Waals surface area contributed by atoms with Gasteiger partial charge in [-0.1, -0.05) is 18.2 Å². The van der Waals surface area contributed by atoms with Gasteiger partial charge in [0.15, 0.2) is 0 Å². The number of rotatable bonds is 6. The van der Waals surface area contributed by atoms with E-state index in [4.69, 9.17) is 4.74 Å². The molecule has 2 N–H and O–H groups in total. The molecule has 1 aromatic carbocycles. The maximum atomic E-state index is 11.7. The van der Waals surface area contributed by atoms with E-state index in [2.05, 4.69) is 28.8 Å². The molecule has 1 amide bonds. The lowest BCUT2D eigenvalue weighted by Crippen LogP contribution is -2.24. The Morgan fingerprint density at radius 2 is 2.37 bits per heavy atom. The Morgan fingerprint density at radius 3 is 3.21 bits per heavy atom. The maximum Gasteiger partial charge on any atom is 0.220 e. The Kier molecular flexibility index (Phi) is 5.21. The third-order valence-corrected chi connectivity index (χ3v) is 3.39. The average molecular weight is 262 g/mol. The number of benzene rings is 1.